The second-order valence-electron chi connectivity index (χ2n) is 11.8. The lowest BCUT2D eigenvalue weighted by Gasteiger charge is -2.33. The summed E-state index contributed by atoms with van der Waals surface area (Å²) < 4.78 is 34.7. The summed E-state index contributed by atoms with van der Waals surface area (Å²) in [5, 5.41) is 26.0. The number of rotatable bonds is 8. The second-order valence-corrected chi connectivity index (χ2v) is 13.5. The zero-order valence-electron chi connectivity index (χ0n) is 24.7. The number of pyridine rings is 1. The van der Waals surface area contributed by atoms with Crippen molar-refractivity contribution < 1.29 is 28.0 Å². The molecule has 13 nitrogen and oxygen atoms in total. The second kappa shape index (κ2) is 12.0. The van der Waals surface area contributed by atoms with Crippen molar-refractivity contribution in [1.82, 2.24) is 14.7 Å². The molecule has 1 aliphatic heterocycles. The van der Waals surface area contributed by atoms with Crippen molar-refractivity contribution in [1.29, 1.82) is 0 Å². The molecule has 1 fully saturated rings. The lowest BCUT2D eigenvalue weighted by atomic mass is 9.80. The molecule has 2 aliphatic rings. The van der Waals surface area contributed by atoms with Gasteiger partial charge >= 0.3 is 0 Å². The van der Waals surface area contributed by atoms with Gasteiger partial charge in [0.2, 0.25) is 5.88 Å². The number of para-hydroxylation sites is 1. The van der Waals surface area contributed by atoms with Crippen LogP contribution in [0.15, 0.2) is 65.7 Å². The minimum absolute atomic E-state index is 0.0994. The molecule has 4 N–H and O–H groups in total. The van der Waals surface area contributed by atoms with E-state index in [1.807, 2.05) is 17.0 Å². The van der Waals surface area contributed by atoms with Crippen LogP contribution in [0.5, 0.6) is 5.88 Å². The van der Waals surface area contributed by atoms with Crippen molar-refractivity contribution in [3.8, 4) is 5.88 Å². The number of aliphatic hydroxyl groups is 1. The maximum absolute atomic E-state index is 13.5. The Morgan fingerprint density at radius 1 is 1.18 bits per heavy atom. The maximum atomic E-state index is 13.5. The quantitative estimate of drug-likeness (QED) is 0.154. The number of hydrogen-bond acceptors (Lipinski definition) is 10. The molecule has 4 aromatic rings. The van der Waals surface area contributed by atoms with E-state index in [9.17, 15) is 28.4 Å². The lowest BCUT2D eigenvalue weighted by Crippen LogP contribution is -2.32. The highest BCUT2D eigenvalue weighted by Crippen LogP contribution is 2.39. The Kier molecular flexibility index (Phi) is 8.10. The van der Waals surface area contributed by atoms with E-state index in [2.05, 4.69) is 20.0 Å². The van der Waals surface area contributed by atoms with Crippen LogP contribution in [0.1, 0.15) is 49.4 Å². The largest absolute Gasteiger partial charge is 0.476 e. The molecular weight excluding hydrogens is 600 g/mol. The summed E-state index contributed by atoms with van der Waals surface area (Å²) in [7, 11) is -4.48. The van der Waals surface area contributed by atoms with Crippen molar-refractivity contribution >= 4 is 49.7 Å². The van der Waals surface area contributed by atoms with Crippen LogP contribution >= 0.6 is 0 Å². The third-order valence-electron chi connectivity index (χ3n) is 8.44. The number of sulfonamides is 1. The van der Waals surface area contributed by atoms with Crippen LogP contribution in [-0.2, 0) is 10.0 Å². The molecule has 2 aromatic heterocycles. The molecule has 14 heteroatoms. The highest BCUT2D eigenvalue weighted by atomic mass is 32.2. The number of aromatic nitrogens is 2. The minimum atomic E-state index is -4.48. The SMILES string of the molecule is CC1(O)CCC(CNc2ccc(S(=O)(=O)NC(=O)c3ccccc3N3CCCOc4nc5[nH]ccc5cc43)cc2[N+](=O)[O-])CC1. The molecule has 0 saturated heterocycles. The van der Waals surface area contributed by atoms with Crippen LogP contribution in [0.2, 0.25) is 0 Å². The number of nitrogens with one attached hydrogen (secondary N) is 3. The Labute approximate surface area is 259 Å². The fourth-order valence-corrected chi connectivity index (χ4v) is 6.88. The molecule has 1 aliphatic carbocycles. The first kappa shape index (κ1) is 30.3. The summed E-state index contributed by atoms with van der Waals surface area (Å²) >= 11 is 0. The Balaban J connectivity index is 1.23. The normalized spacial score (nSPS) is 20.1. The van der Waals surface area contributed by atoms with Gasteiger partial charge in [0.1, 0.15) is 17.0 Å². The van der Waals surface area contributed by atoms with Gasteiger partial charge < -0.3 is 25.0 Å². The topological polar surface area (TPSA) is 180 Å². The third-order valence-corrected chi connectivity index (χ3v) is 9.77. The predicted octanol–water partition coefficient (Wildman–Crippen LogP) is 4.86. The van der Waals surface area contributed by atoms with E-state index in [-0.39, 0.29) is 17.2 Å². The third kappa shape index (κ3) is 6.42. The smallest absolute Gasteiger partial charge is 0.293 e. The molecule has 45 heavy (non-hydrogen) atoms. The summed E-state index contributed by atoms with van der Waals surface area (Å²) in [6.07, 6.45) is 5.24. The highest BCUT2D eigenvalue weighted by Gasteiger charge is 2.30. The first-order valence-electron chi connectivity index (χ1n) is 14.8. The van der Waals surface area contributed by atoms with Crippen molar-refractivity contribution in [3.63, 3.8) is 0 Å². The standard InChI is InChI=1S/C31H34N6O7S/c1-31(39)12-9-20(10-13-31)19-33-24-8-7-22(18-26(24)37(40)41)45(42,43)35-29(38)23-5-2-3-6-25(23)36-15-4-16-44-30-27(36)17-21-11-14-32-28(21)34-30/h2-3,5-8,11,14,17-18,20,33,39H,4,9-10,12-13,15-16,19H2,1H3,(H,32,34)(H,35,38). The van der Waals surface area contributed by atoms with E-state index in [1.54, 1.807) is 31.3 Å². The van der Waals surface area contributed by atoms with Gasteiger partial charge in [-0.1, -0.05) is 12.1 Å². The monoisotopic (exact) mass is 634 g/mol. The molecule has 2 aromatic carbocycles. The zero-order chi connectivity index (χ0) is 31.8. The van der Waals surface area contributed by atoms with Crippen molar-refractivity contribution in [3.05, 3.63) is 76.5 Å². The number of benzene rings is 2. The fourth-order valence-electron chi connectivity index (χ4n) is 5.89. The number of carbonyl (C=O) groups excluding carboxylic acids is 1. The zero-order valence-corrected chi connectivity index (χ0v) is 25.5. The summed E-state index contributed by atoms with van der Waals surface area (Å²) in [5.41, 5.74) is 0.928. The van der Waals surface area contributed by atoms with Gasteiger partial charge in [-0.15, -0.1) is 0 Å². The molecule has 0 atom stereocenters. The number of nitro benzene ring substituents is 1. The maximum Gasteiger partial charge on any atom is 0.293 e. The summed E-state index contributed by atoms with van der Waals surface area (Å²) in [5.74, 6) is -0.271. The molecule has 1 amide bonds. The van der Waals surface area contributed by atoms with Crippen molar-refractivity contribution in [2.45, 2.75) is 49.5 Å². The lowest BCUT2D eigenvalue weighted by molar-refractivity contribution is -0.384. The number of aromatic amines is 1. The summed E-state index contributed by atoms with van der Waals surface area (Å²) in [4.78, 5) is 33.9. The van der Waals surface area contributed by atoms with E-state index in [0.717, 1.165) is 24.3 Å². The van der Waals surface area contributed by atoms with Crippen molar-refractivity contribution in [2.75, 3.05) is 29.9 Å². The molecule has 0 bridgehead atoms. The molecule has 1 saturated carbocycles. The van der Waals surface area contributed by atoms with E-state index in [1.165, 1.54) is 18.2 Å². The number of amides is 1. The van der Waals surface area contributed by atoms with E-state index < -0.39 is 37.0 Å². The van der Waals surface area contributed by atoms with Gasteiger partial charge in [0.15, 0.2) is 0 Å². The number of ether oxygens (including phenoxy) is 1. The van der Waals surface area contributed by atoms with Gasteiger partial charge in [0.25, 0.3) is 21.6 Å². The Bertz CT molecular complexity index is 1860. The first-order chi connectivity index (χ1) is 21.5. The number of carbonyl (C=O) groups is 1. The van der Waals surface area contributed by atoms with Gasteiger partial charge in [-0.2, -0.15) is 4.98 Å². The molecule has 0 radical (unpaired) electrons. The average molecular weight is 635 g/mol. The van der Waals surface area contributed by atoms with Gasteiger partial charge in [-0.05, 0) is 81.3 Å². The van der Waals surface area contributed by atoms with E-state index in [4.69, 9.17) is 4.74 Å². The molecule has 6 rings (SSSR count). The Hall–Kier alpha value is -4.69. The van der Waals surface area contributed by atoms with Crippen LogP contribution in [0.4, 0.5) is 22.7 Å². The van der Waals surface area contributed by atoms with Gasteiger partial charge in [0, 0.05) is 30.7 Å². The minimum Gasteiger partial charge on any atom is -0.476 e. The summed E-state index contributed by atoms with van der Waals surface area (Å²) in [6, 6.07) is 13.9. The predicted molar refractivity (Wildman–Crippen MR) is 168 cm³/mol. The van der Waals surface area contributed by atoms with Gasteiger partial charge in [0.05, 0.1) is 33.3 Å². The van der Waals surface area contributed by atoms with Crippen LogP contribution in [-0.4, -0.2) is 59.6 Å². The van der Waals surface area contributed by atoms with Crippen LogP contribution in [0, 0.1) is 16.0 Å². The van der Waals surface area contributed by atoms with Gasteiger partial charge in [-0.25, -0.2) is 13.1 Å². The van der Waals surface area contributed by atoms with E-state index >= 15 is 0 Å². The van der Waals surface area contributed by atoms with E-state index in [0.29, 0.717) is 61.9 Å². The number of nitro groups is 1. The number of nitrogens with zero attached hydrogens (tertiary/aromatic N) is 3. The van der Waals surface area contributed by atoms with Crippen LogP contribution in [0.3, 0.4) is 0 Å². The number of anilines is 3. The van der Waals surface area contributed by atoms with Crippen LogP contribution < -0.4 is 19.7 Å². The Morgan fingerprint density at radius 2 is 1.96 bits per heavy atom. The molecule has 236 valence electrons. The highest BCUT2D eigenvalue weighted by molar-refractivity contribution is 7.90. The molecule has 0 unspecified atom stereocenters. The Morgan fingerprint density at radius 3 is 2.73 bits per heavy atom. The number of H-pyrrole nitrogens is 1. The van der Waals surface area contributed by atoms with Gasteiger partial charge in [-0.3, -0.25) is 14.9 Å². The molecular formula is C31H34N6O7S. The average Bonchev–Trinajstić information content (AvgIpc) is 3.37. The molecule has 0 spiro atoms. The number of fused-ring (bicyclic) bond motifs is 2. The molecule has 3 heterocycles. The fraction of sp³-hybridized carbons (Fsp3) is 0.355. The summed E-state index contributed by atoms with van der Waals surface area (Å²) in [6.45, 7) is 3.16. The van der Waals surface area contributed by atoms with Crippen molar-refractivity contribution in [2.24, 2.45) is 5.92 Å². The first-order valence-corrected chi connectivity index (χ1v) is 16.3. The van der Waals surface area contributed by atoms with Crippen LogP contribution in [0.25, 0.3) is 11.0 Å². The number of hydrogen-bond donors (Lipinski definition) is 4.